The minimum atomic E-state index is -2.51. The predicted molar refractivity (Wildman–Crippen MR) is 143 cm³/mol. The summed E-state index contributed by atoms with van der Waals surface area (Å²) in [6, 6.07) is 48.8. The van der Waals surface area contributed by atoms with E-state index >= 15 is 0 Å². The van der Waals surface area contributed by atoms with Crippen molar-refractivity contribution in [3.8, 4) is 0 Å². The van der Waals surface area contributed by atoms with E-state index in [1.54, 1.807) is 3.51 Å². The number of aryl methyl sites for hydroxylation is 1. The van der Waals surface area contributed by atoms with Crippen molar-refractivity contribution in [3.63, 3.8) is 0 Å². The van der Waals surface area contributed by atoms with Crippen LogP contribution in [0.15, 0.2) is 127 Å². The zero-order valence-electron chi connectivity index (χ0n) is 19.1. The molecular weight excluding hydrogens is 518 g/mol. The summed E-state index contributed by atoms with van der Waals surface area (Å²) < 4.78 is 2.96. The van der Waals surface area contributed by atoms with Crippen LogP contribution in [0.2, 0.25) is 0 Å². The van der Waals surface area contributed by atoms with Crippen LogP contribution < -0.4 is 7.02 Å². The third-order valence-corrected chi connectivity index (χ3v) is 16.3. The Morgan fingerprint density at radius 2 is 0.882 bits per heavy atom. The van der Waals surface area contributed by atoms with Crippen LogP contribution in [0, 0.1) is 6.92 Å². The summed E-state index contributed by atoms with van der Waals surface area (Å²) >= 11 is -2.51. The van der Waals surface area contributed by atoms with Gasteiger partial charge in [0.25, 0.3) is 0 Å². The molecule has 0 fully saturated rings. The van der Waals surface area contributed by atoms with Crippen LogP contribution in [0.1, 0.15) is 44.9 Å². The van der Waals surface area contributed by atoms with Crippen molar-refractivity contribution in [2.45, 2.75) is 16.2 Å². The van der Waals surface area contributed by atoms with Crippen LogP contribution in [0.25, 0.3) is 0 Å². The van der Waals surface area contributed by atoms with Gasteiger partial charge in [-0.3, -0.25) is 0 Å². The molecule has 34 heavy (non-hydrogen) atoms. The van der Waals surface area contributed by atoms with Crippen LogP contribution in [0.3, 0.4) is 0 Å². The Kier molecular flexibility index (Phi) is 4.61. The van der Waals surface area contributed by atoms with Crippen LogP contribution >= 0.6 is 0 Å². The fourth-order valence-electron chi connectivity index (χ4n) is 6.34. The second-order valence-electron chi connectivity index (χ2n) is 9.41. The molecule has 5 aromatic rings. The average molecular weight is 543 g/mol. The summed E-state index contributed by atoms with van der Waals surface area (Å²) in [5, 5.41) is 0. The SMILES string of the molecule is Cc1cc[c]([Sb]([c]2ccccc2)[C]23c4ccccc4C(c4ccccc42)c2ccccc23)cc1. The molecule has 0 amide bonds. The van der Waals surface area contributed by atoms with Gasteiger partial charge in [0.05, 0.1) is 0 Å². The average Bonchev–Trinajstić information content (AvgIpc) is 2.91. The third kappa shape index (κ3) is 2.67. The molecule has 1 heteroatoms. The van der Waals surface area contributed by atoms with Crippen LogP contribution in [-0.4, -0.2) is 20.2 Å². The van der Waals surface area contributed by atoms with Crippen molar-refractivity contribution < 1.29 is 0 Å². The Bertz CT molecular complexity index is 1400. The number of benzene rings is 5. The number of hydrogen-bond acceptors (Lipinski definition) is 0. The molecule has 162 valence electrons. The van der Waals surface area contributed by atoms with Crippen molar-refractivity contribution in [3.05, 3.63) is 166 Å². The maximum absolute atomic E-state index is 2.51. The van der Waals surface area contributed by atoms with E-state index in [1.165, 1.54) is 42.5 Å². The molecule has 0 aromatic heterocycles. The third-order valence-electron chi connectivity index (χ3n) is 7.63. The minimum absolute atomic E-state index is 0.113. The zero-order valence-corrected chi connectivity index (χ0v) is 21.7. The molecular formula is C33H25Sb. The van der Waals surface area contributed by atoms with Crippen molar-refractivity contribution in [1.82, 2.24) is 0 Å². The second kappa shape index (κ2) is 7.72. The molecule has 5 aromatic carbocycles. The Morgan fingerprint density at radius 1 is 0.471 bits per heavy atom. The van der Waals surface area contributed by atoms with Crippen molar-refractivity contribution in [2.24, 2.45) is 0 Å². The molecule has 0 nitrogen and oxygen atoms in total. The first-order valence-corrected chi connectivity index (χ1v) is 15.8. The van der Waals surface area contributed by atoms with Gasteiger partial charge in [-0.05, 0) is 0 Å². The van der Waals surface area contributed by atoms with Crippen molar-refractivity contribution >= 4 is 27.2 Å². The Morgan fingerprint density at radius 3 is 1.38 bits per heavy atom. The van der Waals surface area contributed by atoms with Crippen molar-refractivity contribution in [2.75, 3.05) is 0 Å². The summed E-state index contributed by atoms with van der Waals surface area (Å²) in [5.74, 6) is 0.321. The molecule has 0 spiro atoms. The van der Waals surface area contributed by atoms with E-state index in [1.807, 2.05) is 0 Å². The van der Waals surface area contributed by atoms with Gasteiger partial charge < -0.3 is 0 Å². The standard InChI is InChI=1S/C20H13.C7H7.C6H5.Sb/c1-2-8-14-13(7-1)19-15-9-3-5-11-17(15)20(14)18-12-6-4-10-16(18)19;1-7-5-3-2-4-6-7;1-2-4-6-5-3-1;/h1-12,19H;3-6H,1H3;1-5H;. The summed E-state index contributed by atoms with van der Waals surface area (Å²) in [4.78, 5) is 0. The van der Waals surface area contributed by atoms with E-state index in [0.717, 1.165) is 0 Å². The number of rotatable bonds is 3. The normalized spacial score (nSPS) is 19.4. The molecule has 0 saturated carbocycles. The topological polar surface area (TPSA) is 0 Å². The van der Waals surface area contributed by atoms with Gasteiger partial charge in [0, 0.05) is 0 Å². The van der Waals surface area contributed by atoms with E-state index in [4.69, 9.17) is 0 Å². The second-order valence-corrected chi connectivity index (χ2v) is 16.2. The quantitative estimate of drug-likeness (QED) is 0.246. The Hall–Kier alpha value is -3.08. The molecule has 3 aliphatic carbocycles. The molecule has 0 N–H and O–H groups in total. The van der Waals surface area contributed by atoms with E-state index in [-0.39, 0.29) is 3.36 Å². The summed E-state index contributed by atoms with van der Waals surface area (Å²) in [6.45, 7) is 2.19. The van der Waals surface area contributed by atoms with Gasteiger partial charge in [-0.2, -0.15) is 0 Å². The van der Waals surface area contributed by atoms with E-state index in [0.29, 0.717) is 5.92 Å². The fourth-order valence-corrected chi connectivity index (χ4v) is 15.8. The molecule has 2 bridgehead atoms. The molecule has 0 heterocycles. The van der Waals surface area contributed by atoms with Gasteiger partial charge in [0.1, 0.15) is 0 Å². The Labute approximate surface area is 208 Å². The molecule has 3 aliphatic rings. The predicted octanol–water partition coefficient (Wildman–Crippen LogP) is 5.98. The molecule has 0 saturated heterocycles. The van der Waals surface area contributed by atoms with Gasteiger partial charge in [0.15, 0.2) is 0 Å². The van der Waals surface area contributed by atoms with Crippen molar-refractivity contribution in [1.29, 1.82) is 0 Å². The first kappa shape index (κ1) is 20.3. The van der Waals surface area contributed by atoms with Gasteiger partial charge in [-0.25, -0.2) is 0 Å². The summed E-state index contributed by atoms with van der Waals surface area (Å²) in [6.07, 6.45) is 0. The zero-order chi connectivity index (χ0) is 22.7. The van der Waals surface area contributed by atoms with E-state index in [9.17, 15) is 0 Å². The van der Waals surface area contributed by atoms with Crippen LogP contribution in [0.5, 0.6) is 0 Å². The monoisotopic (exact) mass is 542 g/mol. The molecule has 0 radical (unpaired) electrons. The van der Waals surface area contributed by atoms with Gasteiger partial charge in [-0.1, -0.05) is 0 Å². The van der Waals surface area contributed by atoms with E-state index < -0.39 is 20.2 Å². The molecule has 0 aliphatic heterocycles. The van der Waals surface area contributed by atoms with Gasteiger partial charge in [0.2, 0.25) is 0 Å². The van der Waals surface area contributed by atoms with Gasteiger partial charge >= 0.3 is 210 Å². The fraction of sp³-hybridized carbons (Fsp3) is 0.0909. The molecule has 0 unspecified atom stereocenters. The summed E-state index contributed by atoms with van der Waals surface area (Å²) in [7, 11) is 0. The van der Waals surface area contributed by atoms with E-state index in [2.05, 4.69) is 134 Å². The maximum atomic E-state index is 2.43. The van der Waals surface area contributed by atoms with Crippen LogP contribution in [-0.2, 0) is 3.36 Å². The molecule has 8 rings (SSSR count). The Balaban J connectivity index is 1.68. The first-order valence-electron chi connectivity index (χ1n) is 12.0. The number of hydrogen-bond donors (Lipinski definition) is 0. The van der Waals surface area contributed by atoms with Crippen LogP contribution in [0.4, 0.5) is 0 Å². The first-order chi connectivity index (χ1) is 16.8. The molecule has 0 atom stereocenters. The summed E-state index contributed by atoms with van der Waals surface area (Å²) in [5.41, 5.74) is 10.4. The van der Waals surface area contributed by atoms with Gasteiger partial charge in [-0.15, -0.1) is 0 Å².